The number of hydrogen-bond donors (Lipinski definition) is 1. The molecule has 1 aromatic rings. The smallest absolute Gasteiger partial charge is 0.234 e. The molecule has 26 heavy (non-hydrogen) atoms. The lowest BCUT2D eigenvalue weighted by molar-refractivity contribution is -0.123. The Kier molecular flexibility index (Phi) is 7.57. The van der Waals surface area contributed by atoms with Crippen molar-refractivity contribution in [3.63, 3.8) is 0 Å². The Balaban J connectivity index is 1.85. The van der Waals surface area contributed by atoms with Gasteiger partial charge in [0.1, 0.15) is 6.10 Å². The average Bonchev–Trinajstić information content (AvgIpc) is 2.63. The molecule has 1 saturated heterocycles. The Hall–Kier alpha value is -1.95. The number of carbonyl (C=O) groups is 1. The van der Waals surface area contributed by atoms with Gasteiger partial charge in [0.25, 0.3) is 0 Å². The Bertz CT molecular complexity index is 561. The first-order valence-corrected chi connectivity index (χ1v) is 9.34. The molecule has 1 fully saturated rings. The van der Waals surface area contributed by atoms with E-state index in [1.807, 2.05) is 25.1 Å². The highest BCUT2D eigenvalue weighted by molar-refractivity contribution is 5.78. The molecule has 2 rings (SSSR count). The SMILES string of the molecule is COc1cccc(OC)c1OC1CCN(CC(=O)NC(C)C(C)C)CC1. The highest BCUT2D eigenvalue weighted by Crippen LogP contribution is 2.38. The van der Waals surface area contributed by atoms with E-state index >= 15 is 0 Å². The van der Waals surface area contributed by atoms with Gasteiger partial charge in [-0.3, -0.25) is 9.69 Å². The number of nitrogens with one attached hydrogen (secondary N) is 1. The zero-order chi connectivity index (χ0) is 19.1. The van der Waals surface area contributed by atoms with Crippen LogP contribution >= 0.6 is 0 Å². The fourth-order valence-electron chi connectivity index (χ4n) is 2.95. The zero-order valence-electron chi connectivity index (χ0n) is 16.6. The minimum Gasteiger partial charge on any atom is -0.493 e. The number of nitrogens with zero attached hydrogens (tertiary/aromatic N) is 1. The molecule has 146 valence electrons. The third-order valence-corrected chi connectivity index (χ3v) is 4.96. The van der Waals surface area contributed by atoms with Gasteiger partial charge in [-0.05, 0) is 37.8 Å². The molecule has 1 amide bonds. The molecule has 0 radical (unpaired) electrons. The third kappa shape index (κ3) is 5.53. The maximum Gasteiger partial charge on any atom is 0.234 e. The maximum absolute atomic E-state index is 12.1. The second-order valence-electron chi connectivity index (χ2n) is 7.19. The molecule has 6 heteroatoms. The zero-order valence-corrected chi connectivity index (χ0v) is 16.6. The van der Waals surface area contributed by atoms with Crippen molar-refractivity contribution in [2.75, 3.05) is 33.9 Å². The number of likely N-dealkylation sites (tertiary alicyclic amines) is 1. The van der Waals surface area contributed by atoms with E-state index < -0.39 is 0 Å². The molecule has 1 unspecified atom stereocenters. The second kappa shape index (κ2) is 9.67. The fraction of sp³-hybridized carbons (Fsp3) is 0.650. The Morgan fingerprint density at radius 3 is 2.23 bits per heavy atom. The summed E-state index contributed by atoms with van der Waals surface area (Å²) < 4.78 is 17.0. The van der Waals surface area contributed by atoms with Crippen molar-refractivity contribution in [1.29, 1.82) is 0 Å². The largest absolute Gasteiger partial charge is 0.493 e. The summed E-state index contributed by atoms with van der Waals surface area (Å²) in [5, 5.41) is 3.06. The minimum atomic E-state index is 0.0918. The summed E-state index contributed by atoms with van der Waals surface area (Å²) in [4.78, 5) is 14.3. The van der Waals surface area contributed by atoms with Gasteiger partial charge < -0.3 is 19.5 Å². The third-order valence-electron chi connectivity index (χ3n) is 4.96. The van der Waals surface area contributed by atoms with E-state index in [9.17, 15) is 4.79 Å². The lowest BCUT2D eigenvalue weighted by atomic mass is 10.1. The van der Waals surface area contributed by atoms with Crippen LogP contribution in [0.4, 0.5) is 0 Å². The normalized spacial score (nSPS) is 17.0. The summed E-state index contributed by atoms with van der Waals surface area (Å²) in [6.45, 7) is 8.39. The van der Waals surface area contributed by atoms with E-state index in [-0.39, 0.29) is 18.1 Å². The van der Waals surface area contributed by atoms with Gasteiger partial charge in [0.05, 0.1) is 20.8 Å². The van der Waals surface area contributed by atoms with E-state index in [1.165, 1.54) is 0 Å². The number of para-hydroxylation sites is 1. The first-order valence-electron chi connectivity index (χ1n) is 9.34. The predicted octanol–water partition coefficient (Wildman–Crippen LogP) is 2.71. The number of hydrogen-bond acceptors (Lipinski definition) is 5. The van der Waals surface area contributed by atoms with Crippen molar-refractivity contribution in [2.24, 2.45) is 5.92 Å². The van der Waals surface area contributed by atoms with E-state index in [1.54, 1.807) is 14.2 Å². The molecule has 6 nitrogen and oxygen atoms in total. The molecule has 0 aromatic heterocycles. The van der Waals surface area contributed by atoms with Crippen molar-refractivity contribution in [1.82, 2.24) is 10.2 Å². The van der Waals surface area contributed by atoms with Crippen molar-refractivity contribution in [3.8, 4) is 17.2 Å². The van der Waals surface area contributed by atoms with Crippen LogP contribution < -0.4 is 19.5 Å². The molecule has 0 bridgehead atoms. The van der Waals surface area contributed by atoms with Gasteiger partial charge in [0.15, 0.2) is 11.5 Å². The molecule has 0 aliphatic carbocycles. The predicted molar refractivity (Wildman–Crippen MR) is 102 cm³/mol. The van der Waals surface area contributed by atoms with E-state index in [4.69, 9.17) is 14.2 Å². The summed E-state index contributed by atoms with van der Waals surface area (Å²) in [6, 6.07) is 5.81. The molecule has 1 aromatic carbocycles. The quantitative estimate of drug-likeness (QED) is 0.769. The monoisotopic (exact) mass is 364 g/mol. The van der Waals surface area contributed by atoms with E-state index in [2.05, 4.69) is 24.1 Å². The number of rotatable bonds is 8. The van der Waals surface area contributed by atoms with Crippen molar-refractivity contribution >= 4 is 5.91 Å². The number of amides is 1. The van der Waals surface area contributed by atoms with Gasteiger partial charge >= 0.3 is 0 Å². The molecule has 1 aliphatic heterocycles. The number of carbonyl (C=O) groups excluding carboxylic acids is 1. The number of piperidine rings is 1. The summed E-state index contributed by atoms with van der Waals surface area (Å²) >= 11 is 0. The summed E-state index contributed by atoms with van der Waals surface area (Å²) in [6.07, 6.45) is 1.83. The molecule has 1 N–H and O–H groups in total. The second-order valence-corrected chi connectivity index (χ2v) is 7.19. The van der Waals surface area contributed by atoms with Crippen LogP contribution in [0.15, 0.2) is 18.2 Å². The minimum absolute atomic E-state index is 0.0918. The van der Waals surface area contributed by atoms with Crippen molar-refractivity contribution in [2.45, 2.75) is 45.8 Å². The Morgan fingerprint density at radius 1 is 1.15 bits per heavy atom. The highest BCUT2D eigenvalue weighted by atomic mass is 16.5. The molecule has 1 heterocycles. The summed E-state index contributed by atoms with van der Waals surface area (Å²) in [7, 11) is 3.25. The van der Waals surface area contributed by atoms with Gasteiger partial charge in [-0.15, -0.1) is 0 Å². The van der Waals surface area contributed by atoms with Crippen LogP contribution in [0.25, 0.3) is 0 Å². The van der Waals surface area contributed by atoms with Crippen LogP contribution in [0.2, 0.25) is 0 Å². The van der Waals surface area contributed by atoms with Crippen LogP contribution in [0.3, 0.4) is 0 Å². The van der Waals surface area contributed by atoms with Gasteiger partial charge in [-0.25, -0.2) is 0 Å². The lowest BCUT2D eigenvalue weighted by Gasteiger charge is -2.32. The van der Waals surface area contributed by atoms with Crippen LogP contribution in [-0.2, 0) is 4.79 Å². The molecular weight excluding hydrogens is 332 g/mol. The highest BCUT2D eigenvalue weighted by Gasteiger charge is 2.24. The fourth-order valence-corrected chi connectivity index (χ4v) is 2.95. The van der Waals surface area contributed by atoms with E-state index in [0.717, 1.165) is 25.9 Å². The topological polar surface area (TPSA) is 60.0 Å². The van der Waals surface area contributed by atoms with Crippen LogP contribution in [-0.4, -0.2) is 56.8 Å². The van der Waals surface area contributed by atoms with Gasteiger partial charge in [0, 0.05) is 19.1 Å². The van der Waals surface area contributed by atoms with Gasteiger partial charge in [-0.1, -0.05) is 19.9 Å². The Labute approximate surface area is 156 Å². The van der Waals surface area contributed by atoms with Crippen LogP contribution in [0, 0.1) is 5.92 Å². The van der Waals surface area contributed by atoms with Crippen LogP contribution in [0.1, 0.15) is 33.6 Å². The van der Waals surface area contributed by atoms with Gasteiger partial charge in [0.2, 0.25) is 11.7 Å². The first kappa shape index (κ1) is 20.4. The molecular formula is C20H32N2O4. The molecule has 0 saturated carbocycles. The van der Waals surface area contributed by atoms with Gasteiger partial charge in [-0.2, -0.15) is 0 Å². The van der Waals surface area contributed by atoms with Crippen LogP contribution in [0.5, 0.6) is 17.2 Å². The molecule has 0 spiro atoms. The lowest BCUT2D eigenvalue weighted by Crippen LogP contribution is -2.46. The molecule has 1 atom stereocenters. The van der Waals surface area contributed by atoms with Crippen molar-refractivity contribution in [3.05, 3.63) is 18.2 Å². The van der Waals surface area contributed by atoms with Crippen molar-refractivity contribution < 1.29 is 19.0 Å². The number of methoxy groups -OCH3 is 2. The average molecular weight is 364 g/mol. The number of ether oxygens (including phenoxy) is 3. The summed E-state index contributed by atoms with van der Waals surface area (Å²) in [5.41, 5.74) is 0. The summed E-state index contributed by atoms with van der Waals surface area (Å²) in [5.74, 6) is 2.54. The first-order chi connectivity index (χ1) is 12.4. The maximum atomic E-state index is 12.1. The number of benzene rings is 1. The Morgan fingerprint density at radius 2 is 1.73 bits per heavy atom. The van der Waals surface area contributed by atoms with E-state index in [0.29, 0.717) is 29.7 Å². The molecule has 1 aliphatic rings. The standard InChI is InChI=1S/C20H32N2O4/c1-14(2)15(3)21-19(23)13-22-11-9-16(10-12-22)26-20-17(24-4)7-6-8-18(20)25-5/h6-8,14-16H,9-13H2,1-5H3,(H,21,23).